The number of aromatic nitrogens is 2. The van der Waals surface area contributed by atoms with Gasteiger partial charge in [-0.1, -0.05) is 6.42 Å². The van der Waals surface area contributed by atoms with Crippen molar-refractivity contribution in [2.75, 3.05) is 13.1 Å². The van der Waals surface area contributed by atoms with E-state index in [4.69, 9.17) is 0 Å². The Morgan fingerprint density at radius 2 is 2.20 bits per heavy atom. The normalized spacial score (nSPS) is 17.7. The number of aryl methyl sites for hydroxylation is 1. The minimum Gasteiger partial charge on any atom is -0.285 e. The first-order valence-electron chi connectivity index (χ1n) is 5.33. The molecular weight excluding hydrogens is 192 g/mol. The van der Waals surface area contributed by atoms with Crippen LogP contribution in [0.1, 0.15) is 35.3 Å². The van der Waals surface area contributed by atoms with Crippen LogP contribution >= 0.6 is 0 Å². The fraction of sp³-hybridized carbons (Fsp3) is 0.600. The topological polar surface area (TPSA) is 61.0 Å². The van der Waals surface area contributed by atoms with Crippen LogP contribution in [0.5, 0.6) is 0 Å². The maximum atomic E-state index is 11.8. The Balaban J connectivity index is 1.94. The zero-order chi connectivity index (χ0) is 10.7. The number of aromatic amines is 1. The van der Waals surface area contributed by atoms with Crippen LogP contribution in [0.2, 0.25) is 0 Å². The quantitative estimate of drug-likeness (QED) is 0.757. The number of carbonyl (C=O) groups excluding carboxylic acids is 1. The number of nitrogens with one attached hydrogen (secondary N) is 2. The van der Waals surface area contributed by atoms with Crippen LogP contribution in [0.15, 0.2) is 6.20 Å². The molecule has 0 atom stereocenters. The molecule has 0 aliphatic carbocycles. The minimum absolute atomic E-state index is 0.115. The summed E-state index contributed by atoms with van der Waals surface area (Å²) in [6, 6.07) is 0. The SMILES string of the molecule is Cc1c[nH]nc1C(=O)NN1CCCCC1. The van der Waals surface area contributed by atoms with Crippen LogP contribution in [0.25, 0.3) is 0 Å². The molecule has 1 amide bonds. The molecule has 2 N–H and O–H groups in total. The molecule has 2 rings (SSSR count). The lowest BCUT2D eigenvalue weighted by atomic mass is 10.2. The average Bonchev–Trinajstić information content (AvgIpc) is 2.66. The van der Waals surface area contributed by atoms with Crippen LogP contribution in [-0.2, 0) is 0 Å². The Bertz CT molecular complexity index is 341. The van der Waals surface area contributed by atoms with E-state index >= 15 is 0 Å². The number of H-pyrrole nitrogens is 1. The lowest BCUT2D eigenvalue weighted by Gasteiger charge is -2.26. The van der Waals surface area contributed by atoms with Gasteiger partial charge in [-0.25, -0.2) is 5.01 Å². The summed E-state index contributed by atoms with van der Waals surface area (Å²) in [5.41, 5.74) is 4.24. The number of carbonyl (C=O) groups is 1. The predicted octanol–water partition coefficient (Wildman–Crippen LogP) is 0.849. The van der Waals surface area contributed by atoms with Gasteiger partial charge >= 0.3 is 0 Å². The van der Waals surface area contributed by atoms with Crippen LogP contribution in [0.4, 0.5) is 0 Å². The zero-order valence-corrected chi connectivity index (χ0v) is 8.92. The Labute approximate surface area is 88.8 Å². The second-order valence-corrected chi connectivity index (χ2v) is 3.91. The lowest BCUT2D eigenvalue weighted by Crippen LogP contribution is -2.45. The van der Waals surface area contributed by atoms with Gasteiger partial charge in [-0.3, -0.25) is 15.3 Å². The van der Waals surface area contributed by atoms with Crippen molar-refractivity contribution < 1.29 is 4.79 Å². The molecule has 0 radical (unpaired) electrons. The Hall–Kier alpha value is -1.36. The van der Waals surface area contributed by atoms with Gasteiger partial charge in [0.05, 0.1) is 0 Å². The van der Waals surface area contributed by atoms with E-state index in [1.54, 1.807) is 6.20 Å². The van der Waals surface area contributed by atoms with Crippen molar-refractivity contribution in [2.24, 2.45) is 0 Å². The molecule has 0 aromatic carbocycles. The van der Waals surface area contributed by atoms with Crippen LogP contribution in [0, 0.1) is 6.92 Å². The molecular formula is C10H16N4O. The van der Waals surface area contributed by atoms with Gasteiger partial charge in [0, 0.05) is 19.3 Å². The number of amides is 1. The molecule has 0 bridgehead atoms. The third-order valence-electron chi connectivity index (χ3n) is 2.66. The third kappa shape index (κ3) is 2.36. The molecule has 0 unspecified atom stereocenters. The van der Waals surface area contributed by atoms with Crippen molar-refractivity contribution in [3.05, 3.63) is 17.5 Å². The Morgan fingerprint density at radius 1 is 1.47 bits per heavy atom. The summed E-state index contributed by atoms with van der Waals surface area (Å²) < 4.78 is 0. The van der Waals surface area contributed by atoms with E-state index < -0.39 is 0 Å². The van der Waals surface area contributed by atoms with Crippen molar-refractivity contribution in [3.63, 3.8) is 0 Å². The fourth-order valence-electron chi connectivity index (χ4n) is 1.78. The zero-order valence-electron chi connectivity index (χ0n) is 8.92. The highest BCUT2D eigenvalue weighted by atomic mass is 16.2. The summed E-state index contributed by atoms with van der Waals surface area (Å²) in [7, 11) is 0. The molecule has 2 heterocycles. The number of nitrogens with zero attached hydrogens (tertiary/aromatic N) is 2. The molecule has 1 aliphatic rings. The standard InChI is InChI=1S/C10H16N4O/c1-8-7-11-12-9(8)10(15)13-14-5-3-2-4-6-14/h7H,2-6H2,1H3,(H,11,12)(H,13,15). The summed E-state index contributed by atoms with van der Waals surface area (Å²) in [6.45, 7) is 3.75. The van der Waals surface area contributed by atoms with E-state index in [1.165, 1.54) is 6.42 Å². The maximum Gasteiger partial charge on any atom is 0.286 e. The molecule has 1 saturated heterocycles. The number of hydrazine groups is 1. The van der Waals surface area contributed by atoms with Crippen molar-refractivity contribution in [2.45, 2.75) is 26.2 Å². The van der Waals surface area contributed by atoms with Crippen molar-refractivity contribution in [1.29, 1.82) is 0 Å². The van der Waals surface area contributed by atoms with E-state index in [1.807, 2.05) is 11.9 Å². The molecule has 5 heteroatoms. The molecule has 1 aliphatic heterocycles. The van der Waals surface area contributed by atoms with Gasteiger partial charge in [-0.05, 0) is 25.3 Å². The highest BCUT2D eigenvalue weighted by Gasteiger charge is 2.16. The maximum absolute atomic E-state index is 11.8. The van der Waals surface area contributed by atoms with Crippen LogP contribution in [-0.4, -0.2) is 34.2 Å². The van der Waals surface area contributed by atoms with Gasteiger partial charge in [0.2, 0.25) is 0 Å². The highest BCUT2D eigenvalue weighted by molar-refractivity contribution is 5.93. The highest BCUT2D eigenvalue weighted by Crippen LogP contribution is 2.07. The largest absolute Gasteiger partial charge is 0.286 e. The van der Waals surface area contributed by atoms with Crippen molar-refractivity contribution in [1.82, 2.24) is 20.6 Å². The molecule has 5 nitrogen and oxygen atoms in total. The number of piperidine rings is 1. The Morgan fingerprint density at radius 3 is 2.80 bits per heavy atom. The number of hydrogen-bond donors (Lipinski definition) is 2. The van der Waals surface area contributed by atoms with Gasteiger partial charge in [0.1, 0.15) is 0 Å². The molecule has 1 fully saturated rings. The summed E-state index contributed by atoms with van der Waals surface area (Å²) in [6.07, 6.45) is 5.29. The Kier molecular flexibility index (Phi) is 3.01. The van der Waals surface area contributed by atoms with E-state index in [2.05, 4.69) is 15.6 Å². The van der Waals surface area contributed by atoms with E-state index in [0.29, 0.717) is 5.69 Å². The minimum atomic E-state index is -0.115. The molecule has 82 valence electrons. The van der Waals surface area contributed by atoms with E-state index in [0.717, 1.165) is 31.5 Å². The number of rotatable bonds is 2. The van der Waals surface area contributed by atoms with Gasteiger partial charge in [0.15, 0.2) is 5.69 Å². The van der Waals surface area contributed by atoms with Gasteiger partial charge in [-0.2, -0.15) is 5.10 Å². The molecule has 0 saturated carbocycles. The van der Waals surface area contributed by atoms with Crippen molar-refractivity contribution >= 4 is 5.91 Å². The van der Waals surface area contributed by atoms with E-state index in [9.17, 15) is 4.79 Å². The molecule has 15 heavy (non-hydrogen) atoms. The predicted molar refractivity (Wildman–Crippen MR) is 56.2 cm³/mol. The summed E-state index contributed by atoms with van der Waals surface area (Å²) in [4.78, 5) is 11.8. The smallest absolute Gasteiger partial charge is 0.285 e. The number of hydrogen-bond acceptors (Lipinski definition) is 3. The first-order valence-corrected chi connectivity index (χ1v) is 5.33. The van der Waals surface area contributed by atoms with Crippen LogP contribution in [0.3, 0.4) is 0 Å². The molecule has 0 spiro atoms. The second-order valence-electron chi connectivity index (χ2n) is 3.91. The fourth-order valence-corrected chi connectivity index (χ4v) is 1.78. The van der Waals surface area contributed by atoms with Crippen LogP contribution < -0.4 is 5.43 Å². The lowest BCUT2D eigenvalue weighted by molar-refractivity contribution is 0.0744. The van der Waals surface area contributed by atoms with Gasteiger partial charge in [-0.15, -0.1) is 0 Å². The summed E-state index contributed by atoms with van der Waals surface area (Å²) in [5.74, 6) is -0.115. The first kappa shape index (κ1) is 10.2. The van der Waals surface area contributed by atoms with Gasteiger partial charge < -0.3 is 0 Å². The molecule has 1 aromatic rings. The van der Waals surface area contributed by atoms with E-state index in [-0.39, 0.29) is 5.91 Å². The van der Waals surface area contributed by atoms with Gasteiger partial charge in [0.25, 0.3) is 5.91 Å². The first-order chi connectivity index (χ1) is 7.27. The molecule has 1 aromatic heterocycles. The summed E-state index contributed by atoms with van der Waals surface area (Å²) in [5, 5.41) is 8.58. The third-order valence-corrected chi connectivity index (χ3v) is 2.66. The second kappa shape index (κ2) is 4.44. The van der Waals surface area contributed by atoms with Crippen molar-refractivity contribution in [3.8, 4) is 0 Å². The summed E-state index contributed by atoms with van der Waals surface area (Å²) >= 11 is 0. The monoisotopic (exact) mass is 208 g/mol. The average molecular weight is 208 g/mol.